The topological polar surface area (TPSA) is 37.6 Å². The van der Waals surface area contributed by atoms with Crippen molar-refractivity contribution < 1.29 is 9.18 Å². The second-order valence-corrected chi connectivity index (χ2v) is 6.61. The van der Waals surface area contributed by atoms with Crippen molar-refractivity contribution in [1.82, 2.24) is 14.3 Å². The first-order chi connectivity index (χ1) is 10.7. The standard InChI is InChI=1S/C16H14FN3OS/c1-19-7-6-12-14(8-19)22-16-18-15(13(9-21)20(12)16)10-2-4-11(17)5-3-10/h2-5,9H,6-8H2,1H3. The van der Waals surface area contributed by atoms with E-state index >= 15 is 0 Å². The number of rotatable bonds is 2. The number of hydrogen-bond donors (Lipinski definition) is 0. The third-order valence-electron chi connectivity index (χ3n) is 4.06. The average molecular weight is 315 g/mol. The van der Waals surface area contributed by atoms with Gasteiger partial charge in [-0.3, -0.25) is 9.20 Å². The molecule has 0 aliphatic carbocycles. The van der Waals surface area contributed by atoms with Gasteiger partial charge >= 0.3 is 0 Å². The molecule has 1 aliphatic heterocycles. The van der Waals surface area contributed by atoms with Crippen molar-refractivity contribution in [2.45, 2.75) is 13.0 Å². The Labute approximate surface area is 130 Å². The number of carbonyl (C=O) groups excluding carboxylic acids is 1. The molecule has 3 aromatic rings. The summed E-state index contributed by atoms with van der Waals surface area (Å²) < 4.78 is 15.1. The predicted molar refractivity (Wildman–Crippen MR) is 83.9 cm³/mol. The third-order valence-corrected chi connectivity index (χ3v) is 5.13. The zero-order valence-electron chi connectivity index (χ0n) is 12.0. The highest BCUT2D eigenvalue weighted by molar-refractivity contribution is 7.17. The van der Waals surface area contributed by atoms with Crippen molar-refractivity contribution >= 4 is 22.6 Å². The van der Waals surface area contributed by atoms with E-state index in [0.29, 0.717) is 11.4 Å². The van der Waals surface area contributed by atoms with Gasteiger partial charge in [-0.2, -0.15) is 0 Å². The molecule has 3 heterocycles. The molecule has 0 radical (unpaired) electrons. The van der Waals surface area contributed by atoms with E-state index in [4.69, 9.17) is 0 Å². The number of aldehydes is 1. The van der Waals surface area contributed by atoms with Crippen LogP contribution in [0.2, 0.25) is 0 Å². The lowest BCUT2D eigenvalue weighted by Crippen LogP contribution is -2.26. The number of fused-ring (bicyclic) bond motifs is 3. The highest BCUT2D eigenvalue weighted by Gasteiger charge is 2.24. The molecule has 6 heteroatoms. The number of benzene rings is 1. The maximum absolute atomic E-state index is 13.1. The molecule has 0 bridgehead atoms. The molecule has 0 spiro atoms. The third kappa shape index (κ3) is 1.99. The number of aromatic nitrogens is 2. The second kappa shape index (κ2) is 5.00. The van der Waals surface area contributed by atoms with Crippen LogP contribution in [0.1, 0.15) is 21.1 Å². The number of hydrogen-bond acceptors (Lipinski definition) is 4. The summed E-state index contributed by atoms with van der Waals surface area (Å²) in [6, 6.07) is 6.10. The Balaban J connectivity index is 1.92. The van der Waals surface area contributed by atoms with E-state index in [0.717, 1.165) is 36.3 Å². The molecule has 0 unspecified atom stereocenters. The van der Waals surface area contributed by atoms with E-state index in [1.807, 2.05) is 4.40 Å². The lowest BCUT2D eigenvalue weighted by molar-refractivity contribution is 0.111. The van der Waals surface area contributed by atoms with E-state index in [-0.39, 0.29) is 5.82 Å². The van der Waals surface area contributed by atoms with Crippen LogP contribution in [0.3, 0.4) is 0 Å². The molecule has 0 fully saturated rings. The van der Waals surface area contributed by atoms with Gasteiger partial charge in [0.25, 0.3) is 0 Å². The fourth-order valence-corrected chi connectivity index (χ4v) is 4.21. The number of thiazole rings is 1. The average Bonchev–Trinajstić information content (AvgIpc) is 3.02. The monoisotopic (exact) mass is 315 g/mol. The Bertz CT molecular complexity index is 866. The Hall–Kier alpha value is -2.05. The maximum Gasteiger partial charge on any atom is 0.195 e. The zero-order valence-corrected chi connectivity index (χ0v) is 12.9. The molecule has 0 N–H and O–H groups in total. The first kappa shape index (κ1) is 13.6. The first-order valence-corrected chi connectivity index (χ1v) is 7.91. The molecule has 22 heavy (non-hydrogen) atoms. The first-order valence-electron chi connectivity index (χ1n) is 7.10. The van der Waals surface area contributed by atoms with Crippen LogP contribution >= 0.6 is 11.3 Å². The lowest BCUT2D eigenvalue weighted by Gasteiger charge is -2.21. The van der Waals surface area contributed by atoms with Gasteiger partial charge in [0.2, 0.25) is 0 Å². The molecule has 4 nitrogen and oxygen atoms in total. The van der Waals surface area contributed by atoms with Crippen LogP contribution in [0.25, 0.3) is 16.2 Å². The van der Waals surface area contributed by atoms with E-state index < -0.39 is 0 Å². The number of likely N-dealkylation sites (N-methyl/N-ethyl adjacent to an activating group) is 1. The van der Waals surface area contributed by atoms with Crippen molar-refractivity contribution in [1.29, 1.82) is 0 Å². The Morgan fingerprint density at radius 1 is 1.32 bits per heavy atom. The molecule has 0 atom stereocenters. The summed E-state index contributed by atoms with van der Waals surface area (Å²) >= 11 is 1.63. The van der Waals surface area contributed by atoms with Crippen LogP contribution in [-0.2, 0) is 13.0 Å². The van der Waals surface area contributed by atoms with E-state index in [1.54, 1.807) is 23.5 Å². The smallest absolute Gasteiger partial charge is 0.195 e. The molecule has 2 aromatic heterocycles. The molecule has 1 aromatic carbocycles. The van der Waals surface area contributed by atoms with Gasteiger partial charge in [-0.1, -0.05) is 11.3 Å². The summed E-state index contributed by atoms with van der Waals surface area (Å²) in [6.45, 7) is 1.87. The molecular formula is C16H14FN3OS. The zero-order chi connectivity index (χ0) is 15.3. The minimum atomic E-state index is -0.294. The van der Waals surface area contributed by atoms with E-state index in [1.165, 1.54) is 22.7 Å². The van der Waals surface area contributed by atoms with Gasteiger partial charge in [0.15, 0.2) is 11.2 Å². The molecule has 112 valence electrons. The summed E-state index contributed by atoms with van der Waals surface area (Å²) in [5, 5.41) is 0. The van der Waals surface area contributed by atoms with Gasteiger partial charge < -0.3 is 4.90 Å². The minimum Gasteiger partial charge on any atom is -0.301 e. The predicted octanol–water partition coefficient (Wildman–Crippen LogP) is 3.00. The number of halogens is 1. The lowest BCUT2D eigenvalue weighted by atomic mass is 10.1. The van der Waals surface area contributed by atoms with Gasteiger partial charge in [-0.25, -0.2) is 9.37 Å². The summed E-state index contributed by atoms with van der Waals surface area (Å²) in [4.78, 5) is 20.6. The van der Waals surface area contributed by atoms with Gasteiger partial charge in [0.05, 0.1) is 0 Å². The van der Waals surface area contributed by atoms with Crippen molar-refractivity contribution in [2.24, 2.45) is 0 Å². The fraction of sp³-hybridized carbons (Fsp3) is 0.250. The Kier molecular flexibility index (Phi) is 3.09. The summed E-state index contributed by atoms with van der Waals surface area (Å²) in [6.07, 6.45) is 1.76. The Morgan fingerprint density at radius 2 is 2.09 bits per heavy atom. The van der Waals surface area contributed by atoms with Crippen molar-refractivity contribution in [3.8, 4) is 11.3 Å². The van der Waals surface area contributed by atoms with E-state index in [9.17, 15) is 9.18 Å². The largest absolute Gasteiger partial charge is 0.301 e. The van der Waals surface area contributed by atoms with Crippen LogP contribution in [0.5, 0.6) is 0 Å². The van der Waals surface area contributed by atoms with Gasteiger partial charge in [0, 0.05) is 35.6 Å². The molecule has 0 amide bonds. The normalized spacial score (nSPS) is 15.2. The van der Waals surface area contributed by atoms with Crippen molar-refractivity contribution in [2.75, 3.05) is 13.6 Å². The van der Waals surface area contributed by atoms with Crippen LogP contribution < -0.4 is 0 Å². The van der Waals surface area contributed by atoms with Crippen LogP contribution in [0.4, 0.5) is 4.39 Å². The van der Waals surface area contributed by atoms with Crippen molar-refractivity contribution in [3.63, 3.8) is 0 Å². The summed E-state index contributed by atoms with van der Waals surface area (Å²) in [5.74, 6) is -0.294. The van der Waals surface area contributed by atoms with Crippen LogP contribution in [-0.4, -0.2) is 34.2 Å². The van der Waals surface area contributed by atoms with Gasteiger partial charge in [-0.15, -0.1) is 0 Å². The van der Waals surface area contributed by atoms with E-state index in [2.05, 4.69) is 16.9 Å². The molecular weight excluding hydrogens is 301 g/mol. The van der Waals surface area contributed by atoms with Gasteiger partial charge in [-0.05, 0) is 31.3 Å². The fourth-order valence-electron chi connectivity index (χ4n) is 2.96. The number of imidazole rings is 1. The summed E-state index contributed by atoms with van der Waals surface area (Å²) in [7, 11) is 2.09. The van der Waals surface area contributed by atoms with Crippen LogP contribution in [0, 0.1) is 5.82 Å². The van der Waals surface area contributed by atoms with Gasteiger partial charge in [0.1, 0.15) is 17.2 Å². The maximum atomic E-state index is 13.1. The molecule has 0 saturated heterocycles. The number of nitrogens with zero attached hydrogens (tertiary/aromatic N) is 3. The highest BCUT2D eigenvalue weighted by atomic mass is 32.1. The SMILES string of the molecule is CN1CCc2c(sc3nc(-c4ccc(F)cc4)c(C=O)n23)C1. The van der Waals surface area contributed by atoms with Crippen LogP contribution in [0.15, 0.2) is 24.3 Å². The summed E-state index contributed by atoms with van der Waals surface area (Å²) in [5.41, 5.74) is 3.13. The number of carbonyl (C=O) groups is 1. The highest BCUT2D eigenvalue weighted by Crippen LogP contribution is 2.33. The second-order valence-electron chi connectivity index (χ2n) is 5.55. The van der Waals surface area contributed by atoms with Crippen molar-refractivity contribution in [3.05, 3.63) is 46.3 Å². The molecule has 0 saturated carbocycles. The molecule has 1 aliphatic rings. The molecule has 4 rings (SSSR count). The minimum absolute atomic E-state index is 0.294. The quantitative estimate of drug-likeness (QED) is 0.682. The Morgan fingerprint density at radius 3 is 2.82 bits per heavy atom.